The van der Waals surface area contributed by atoms with Gasteiger partial charge in [-0.15, -0.1) is 0 Å². The molecule has 0 N–H and O–H groups in total. The van der Waals surface area contributed by atoms with E-state index in [0.717, 1.165) is 5.71 Å². The van der Waals surface area contributed by atoms with Crippen LogP contribution in [0.15, 0.2) is 29.4 Å². The van der Waals surface area contributed by atoms with Gasteiger partial charge < -0.3 is 10.4 Å². The summed E-state index contributed by atoms with van der Waals surface area (Å²) in [6, 6.07) is 6.99. The average Bonchev–Trinajstić information content (AvgIpc) is 2.50. The van der Waals surface area contributed by atoms with E-state index in [1.807, 2.05) is 13.0 Å². The predicted octanol–water partition coefficient (Wildman–Crippen LogP) is 2.71. The summed E-state index contributed by atoms with van der Waals surface area (Å²) in [6.45, 7) is 3.32. The molecule has 0 fully saturated rings. The predicted molar refractivity (Wildman–Crippen MR) is 81.3 cm³/mol. The molecule has 108 valence electrons. The van der Waals surface area contributed by atoms with Crippen molar-refractivity contribution in [1.29, 1.82) is 0 Å². The second kappa shape index (κ2) is 8.47. The fourth-order valence-corrected chi connectivity index (χ4v) is 1.63. The van der Waals surface area contributed by atoms with Gasteiger partial charge in [0.1, 0.15) is 7.11 Å². The summed E-state index contributed by atoms with van der Waals surface area (Å²) in [6.07, 6.45) is 1.32. The maximum atomic E-state index is 12.0. The minimum absolute atomic E-state index is 0.0346. The molecule has 1 aromatic carbocycles. The molecule has 0 aliphatic carbocycles. The first-order valence-corrected chi connectivity index (χ1v) is 6.48. The number of oxime groups is 1. The van der Waals surface area contributed by atoms with E-state index in [1.165, 1.54) is 14.0 Å². The molecule has 21 heavy (non-hydrogen) atoms. The van der Waals surface area contributed by atoms with E-state index in [0.29, 0.717) is 24.0 Å². The first kappa shape index (κ1) is 16.4. The Morgan fingerprint density at radius 3 is 2.76 bits per heavy atom. The third-order valence-corrected chi connectivity index (χ3v) is 2.73. The molecule has 0 aliphatic rings. The Hall–Kier alpha value is -2.70. The Balaban J connectivity index is 2.89. The lowest BCUT2D eigenvalue weighted by Gasteiger charge is -1.98. The zero-order chi connectivity index (χ0) is 15.7. The van der Waals surface area contributed by atoms with Gasteiger partial charge in [0, 0.05) is 24.5 Å². The summed E-state index contributed by atoms with van der Waals surface area (Å²) in [5.74, 6) is 5.64. The zero-order valence-electron chi connectivity index (χ0n) is 12.4. The number of carbonyl (C=O) groups is 1. The molecular weight excluding hydrogens is 266 g/mol. The Kier molecular flexibility index (Phi) is 6.59. The lowest BCUT2D eigenvalue weighted by Crippen LogP contribution is -2.12. The second-order valence-electron chi connectivity index (χ2n) is 4.37. The Labute approximate surface area is 124 Å². The van der Waals surface area contributed by atoms with Crippen molar-refractivity contribution < 1.29 is 14.4 Å². The maximum Gasteiger partial charge on any atom is 0.336 e. The lowest BCUT2D eigenvalue weighted by atomic mass is 10.0. The summed E-state index contributed by atoms with van der Waals surface area (Å²) < 4.78 is 0. The van der Waals surface area contributed by atoms with E-state index in [2.05, 4.69) is 26.6 Å². The van der Waals surface area contributed by atoms with Gasteiger partial charge in [0.25, 0.3) is 5.78 Å². The third kappa shape index (κ3) is 5.06. The molecule has 0 saturated carbocycles. The van der Waals surface area contributed by atoms with Gasteiger partial charge in [0.05, 0.1) is 5.71 Å². The molecule has 0 atom stereocenters. The fourth-order valence-electron chi connectivity index (χ4n) is 1.63. The summed E-state index contributed by atoms with van der Waals surface area (Å²) in [7, 11) is 1.50. The summed E-state index contributed by atoms with van der Waals surface area (Å²) in [5, 5.41) is 3.80. The normalized spacial score (nSPS) is 10.1. The molecular formula is C16H17N3O2. The van der Waals surface area contributed by atoms with Crippen molar-refractivity contribution in [3.63, 3.8) is 0 Å². The molecule has 0 aliphatic heterocycles. The van der Waals surface area contributed by atoms with Gasteiger partial charge >= 0.3 is 5.71 Å². The number of hydrogen-bond donors (Lipinski definition) is 0. The number of ketones is 1. The summed E-state index contributed by atoms with van der Waals surface area (Å²) in [5.41, 5.74) is 10.6. The smallest absolute Gasteiger partial charge is 0.336 e. The van der Waals surface area contributed by atoms with Gasteiger partial charge in [-0.1, -0.05) is 29.1 Å². The highest BCUT2D eigenvalue weighted by Crippen LogP contribution is 2.09. The van der Waals surface area contributed by atoms with Crippen LogP contribution in [-0.2, 0) is 4.84 Å². The van der Waals surface area contributed by atoms with E-state index in [-0.39, 0.29) is 11.5 Å². The van der Waals surface area contributed by atoms with Crippen LogP contribution < -0.4 is 0 Å². The SMILES string of the molecule is CO/N=C(/C)CCC#Cc1ccccc1C(=O)C(C)=[N+]=[N-]. The molecule has 0 saturated heterocycles. The highest BCUT2D eigenvalue weighted by molar-refractivity contribution is 6.43. The van der Waals surface area contributed by atoms with Crippen molar-refractivity contribution in [3.05, 3.63) is 40.9 Å². The van der Waals surface area contributed by atoms with Gasteiger partial charge in [-0.3, -0.25) is 4.79 Å². The van der Waals surface area contributed by atoms with Crippen LogP contribution in [-0.4, -0.2) is 29.1 Å². The van der Waals surface area contributed by atoms with Crippen LogP contribution in [0, 0.1) is 11.8 Å². The van der Waals surface area contributed by atoms with Crippen LogP contribution in [0.1, 0.15) is 42.6 Å². The lowest BCUT2D eigenvalue weighted by molar-refractivity contribution is -0.00678. The van der Waals surface area contributed by atoms with E-state index in [1.54, 1.807) is 18.2 Å². The molecule has 5 heteroatoms. The number of hydrogen-bond acceptors (Lipinski definition) is 3. The molecule has 1 rings (SSSR count). The number of rotatable bonds is 5. The van der Waals surface area contributed by atoms with E-state index < -0.39 is 0 Å². The third-order valence-electron chi connectivity index (χ3n) is 2.73. The molecule has 0 amide bonds. The van der Waals surface area contributed by atoms with Crippen LogP contribution in [0.3, 0.4) is 0 Å². The molecule has 0 radical (unpaired) electrons. The Morgan fingerprint density at radius 2 is 2.10 bits per heavy atom. The van der Waals surface area contributed by atoms with E-state index in [4.69, 9.17) is 5.53 Å². The first-order chi connectivity index (χ1) is 10.1. The average molecular weight is 283 g/mol. The Morgan fingerprint density at radius 1 is 1.38 bits per heavy atom. The molecule has 0 aromatic heterocycles. The molecule has 0 unspecified atom stereocenters. The second-order valence-corrected chi connectivity index (χ2v) is 4.37. The van der Waals surface area contributed by atoms with Crippen molar-refractivity contribution >= 4 is 17.2 Å². The quantitative estimate of drug-likeness (QED) is 0.208. The van der Waals surface area contributed by atoms with E-state index in [9.17, 15) is 4.79 Å². The molecule has 1 aromatic rings. The van der Waals surface area contributed by atoms with E-state index >= 15 is 0 Å². The van der Waals surface area contributed by atoms with Crippen LogP contribution in [0.25, 0.3) is 5.53 Å². The highest BCUT2D eigenvalue weighted by atomic mass is 16.6. The van der Waals surface area contributed by atoms with Gasteiger partial charge in [-0.2, -0.15) is 4.79 Å². The van der Waals surface area contributed by atoms with Crippen molar-refractivity contribution in [3.8, 4) is 11.8 Å². The zero-order valence-corrected chi connectivity index (χ0v) is 12.4. The van der Waals surface area contributed by atoms with Crippen LogP contribution in [0.4, 0.5) is 0 Å². The number of nitrogens with zero attached hydrogens (tertiary/aromatic N) is 3. The van der Waals surface area contributed by atoms with Gasteiger partial charge in [-0.05, 0) is 25.5 Å². The highest BCUT2D eigenvalue weighted by Gasteiger charge is 2.18. The molecule has 0 bridgehead atoms. The number of Topliss-reactive ketones (excluding diaryl/α,β-unsaturated/α-hetero) is 1. The number of benzene rings is 1. The minimum atomic E-state index is -0.334. The van der Waals surface area contributed by atoms with Gasteiger partial charge in [0.2, 0.25) is 0 Å². The molecule has 0 spiro atoms. The largest absolute Gasteiger partial charge is 0.399 e. The molecule has 0 heterocycles. The van der Waals surface area contributed by atoms with Crippen molar-refractivity contribution in [2.75, 3.05) is 7.11 Å². The van der Waals surface area contributed by atoms with Gasteiger partial charge in [0.15, 0.2) is 0 Å². The standard InChI is InChI=1S/C16H17N3O2/c1-12(19-21-3)8-4-5-9-14-10-6-7-11-15(14)16(20)13(2)18-17/h6-7,10-11H,4,8H2,1-3H3/b19-12-. The maximum absolute atomic E-state index is 12.0. The summed E-state index contributed by atoms with van der Waals surface area (Å²) in [4.78, 5) is 19.6. The summed E-state index contributed by atoms with van der Waals surface area (Å²) >= 11 is 0. The van der Waals surface area contributed by atoms with Crippen LogP contribution in [0.5, 0.6) is 0 Å². The monoisotopic (exact) mass is 283 g/mol. The van der Waals surface area contributed by atoms with Gasteiger partial charge in [-0.25, -0.2) is 0 Å². The molecule has 5 nitrogen and oxygen atoms in total. The van der Waals surface area contributed by atoms with Crippen LogP contribution >= 0.6 is 0 Å². The van der Waals surface area contributed by atoms with Crippen LogP contribution in [0.2, 0.25) is 0 Å². The topological polar surface area (TPSA) is 75.1 Å². The first-order valence-electron chi connectivity index (χ1n) is 6.48. The van der Waals surface area contributed by atoms with Crippen molar-refractivity contribution in [2.45, 2.75) is 26.7 Å². The van der Waals surface area contributed by atoms with Crippen molar-refractivity contribution in [1.82, 2.24) is 0 Å². The fraction of sp³-hybridized carbons (Fsp3) is 0.312. The minimum Gasteiger partial charge on any atom is -0.399 e. The number of carbonyl (C=O) groups excluding carboxylic acids is 1. The van der Waals surface area contributed by atoms with Crippen molar-refractivity contribution in [2.24, 2.45) is 5.16 Å². The Bertz CT molecular complexity index is 660.